The number of nitrogens with zero attached hydrogens (tertiary/aromatic N) is 1. The molecule has 0 bridgehead atoms. The number of carboxylic acid groups (broad SMARTS) is 1. The lowest BCUT2D eigenvalue weighted by atomic mass is 9.97. The van der Waals surface area contributed by atoms with Crippen LogP contribution in [0.4, 0.5) is 0 Å². The van der Waals surface area contributed by atoms with Crippen LogP contribution in [0.2, 0.25) is 0 Å². The minimum Gasteiger partial charge on any atom is -0.481 e. The third-order valence-electron chi connectivity index (χ3n) is 1.92. The Morgan fingerprint density at radius 2 is 2.15 bits per heavy atom. The standard InChI is InChI=1S/C10H9NO2/c1-7(10(12)13)9-5-3-2-4-8(9)6-11/h2-5,7H,1H3,(H,12,13)/t7-/m1/s1. The van der Waals surface area contributed by atoms with Gasteiger partial charge in [-0.2, -0.15) is 5.26 Å². The van der Waals surface area contributed by atoms with Crippen LogP contribution in [0.15, 0.2) is 24.3 Å². The van der Waals surface area contributed by atoms with Crippen molar-refractivity contribution in [2.45, 2.75) is 12.8 Å². The zero-order chi connectivity index (χ0) is 9.84. The van der Waals surface area contributed by atoms with Crippen LogP contribution in [0.5, 0.6) is 0 Å². The second kappa shape index (κ2) is 3.72. The van der Waals surface area contributed by atoms with E-state index in [9.17, 15) is 4.79 Å². The van der Waals surface area contributed by atoms with Gasteiger partial charge in [-0.1, -0.05) is 18.2 Å². The largest absolute Gasteiger partial charge is 0.481 e. The molecular weight excluding hydrogens is 166 g/mol. The lowest BCUT2D eigenvalue weighted by Gasteiger charge is -2.07. The van der Waals surface area contributed by atoms with E-state index in [4.69, 9.17) is 10.4 Å². The molecule has 1 aromatic carbocycles. The number of carbonyl (C=O) groups is 1. The second-order valence-electron chi connectivity index (χ2n) is 2.76. The molecule has 0 aliphatic rings. The molecule has 0 amide bonds. The maximum absolute atomic E-state index is 10.7. The van der Waals surface area contributed by atoms with Crippen LogP contribution in [-0.4, -0.2) is 11.1 Å². The van der Waals surface area contributed by atoms with Crippen molar-refractivity contribution in [3.63, 3.8) is 0 Å². The molecule has 3 nitrogen and oxygen atoms in total. The zero-order valence-electron chi connectivity index (χ0n) is 7.19. The van der Waals surface area contributed by atoms with Crippen LogP contribution < -0.4 is 0 Å². The first-order valence-electron chi connectivity index (χ1n) is 3.88. The Morgan fingerprint density at radius 1 is 1.54 bits per heavy atom. The molecule has 66 valence electrons. The second-order valence-corrected chi connectivity index (χ2v) is 2.76. The SMILES string of the molecule is C[C@@H](C(=O)O)c1ccccc1C#N. The highest BCUT2D eigenvalue weighted by Crippen LogP contribution is 2.18. The molecule has 0 spiro atoms. The van der Waals surface area contributed by atoms with E-state index in [1.54, 1.807) is 31.2 Å². The maximum Gasteiger partial charge on any atom is 0.310 e. The Labute approximate surface area is 76.2 Å². The fraction of sp³-hybridized carbons (Fsp3) is 0.200. The Bertz CT molecular complexity index is 365. The molecule has 0 aliphatic heterocycles. The minimum atomic E-state index is -0.914. The number of rotatable bonds is 2. The van der Waals surface area contributed by atoms with E-state index in [-0.39, 0.29) is 0 Å². The monoisotopic (exact) mass is 175 g/mol. The maximum atomic E-state index is 10.7. The van der Waals surface area contributed by atoms with Crippen molar-refractivity contribution < 1.29 is 9.90 Å². The molecule has 0 saturated carbocycles. The Kier molecular flexibility index (Phi) is 2.65. The van der Waals surface area contributed by atoms with Crippen molar-refractivity contribution in [1.29, 1.82) is 5.26 Å². The number of benzene rings is 1. The number of hydrogen-bond acceptors (Lipinski definition) is 2. The average Bonchev–Trinajstić information content (AvgIpc) is 2.16. The van der Waals surface area contributed by atoms with Crippen molar-refractivity contribution >= 4 is 5.97 Å². The van der Waals surface area contributed by atoms with Crippen LogP contribution in [0, 0.1) is 11.3 Å². The summed E-state index contributed by atoms with van der Waals surface area (Å²) in [5.74, 6) is -1.54. The van der Waals surface area contributed by atoms with Crippen LogP contribution in [-0.2, 0) is 4.79 Å². The summed E-state index contributed by atoms with van der Waals surface area (Å²) in [5, 5.41) is 17.5. The summed E-state index contributed by atoms with van der Waals surface area (Å²) in [6.45, 7) is 1.57. The van der Waals surface area contributed by atoms with Gasteiger partial charge < -0.3 is 5.11 Å². The summed E-state index contributed by atoms with van der Waals surface area (Å²) in [5.41, 5.74) is 0.995. The topological polar surface area (TPSA) is 61.1 Å². The molecule has 1 rings (SSSR count). The first-order valence-corrected chi connectivity index (χ1v) is 3.88. The first-order chi connectivity index (χ1) is 6.16. The molecular formula is C10H9NO2. The Balaban J connectivity index is 3.15. The van der Waals surface area contributed by atoms with Crippen molar-refractivity contribution in [2.24, 2.45) is 0 Å². The Morgan fingerprint density at radius 3 is 2.69 bits per heavy atom. The van der Waals surface area contributed by atoms with Gasteiger partial charge in [-0.05, 0) is 18.6 Å². The predicted octanol–water partition coefficient (Wildman–Crippen LogP) is 1.75. The van der Waals surface area contributed by atoms with Gasteiger partial charge in [-0.25, -0.2) is 0 Å². The van der Waals surface area contributed by atoms with E-state index in [0.717, 1.165) is 0 Å². The minimum absolute atomic E-state index is 0.428. The number of aliphatic carboxylic acids is 1. The quantitative estimate of drug-likeness (QED) is 0.744. The molecule has 1 aromatic rings. The molecule has 0 heterocycles. The molecule has 0 radical (unpaired) electrons. The third kappa shape index (κ3) is 1.85. The number of hydrogen-bond donors (Lipinski definition) is 1. The summed E-state index contributed by atoms with van der Waals surface area (Å²) in [6, 6.07) is 8.70. The van der Waals surface area contributed by atoms with Gasteiger partial charge in [-0.3, -0.25) is 4.79 Å². The van der Waals surface area contributed by atoms with Crippen LogP contribution in [0.25, 0.3) is 0 Å². The summed E-state index contributed by atoms with van der Waals surface area (Å²) < 4.78 is 0. The number of nitriles is 1. The molecule has 0 unspecified atom stereocenters. The van der Waals surface area contributed by atoms with E-state index < -0.39 is 11.9 Å². The van der Waals surface area contributed by atoms with Crippen LogP contribution in [0.1, 0.15) is 24.0 Å². The number of carboxylic acids is 1. The van der Waals surface area contributed by atoms with Gasteiger partial charge >= 0.3 is 5.97 Å². The molecule has 0 aliphatic carbocycles. The summed E-state index contributed by atoms with van der Waals surface area (Å²) >= 11 is 0. The van der Waals surface area contributed by atoms with Gasteiger partial charge in [-0.15, -0.1) is 0 Å². The molecule has 3 heteroatoms. The van der Waals surface area contributed by atoms with Gasteiger partial charge in [0.1, 0.15) is 0 Å². The first kappa shape index (κ1) is 9.27. The molecule has 1 atom stereocenters. The lowest BCUT2D eigenvalue weighted by Crippen LogP contribution is -2.08. The van der Waals surface area contributed by atoms with Crippen molar-refractivity contribution in [1.82, 2.24) is 0 Å². The van der Waals surface area contributed by atoms with Crippen molar-refractivity contribution in [3.8, 4) is 6.07 Å². The molecule has 0 fully saturated rings. The van der Waals surface area contributed by atoms with Crippen LogP contribution in [0.3, 0.4) is 0 Å². The van der Waals surface area contributed by atoms with E-state index in [0.29, 0.717) is 11.1 Å². The molecule has 1 N–H and O–H groups in total. The van der Waals surface area contributed by atoms with Gasteiger partial charge in [0.15, 0.2) is 0 Å². The van der Waals surface area contributed by atoms with E-state index in [2.05, 4.69) is 0 Å². The van der Waals surface area contributed by atoms with Gasteiger partial charge in [0.2, 0.25) is 0 Å². The summed E-state index contributed by atoms with van der Waals surface area (Å²) in [6.07, 6.45) is 0. The predicted molar refractivity (Wildman–Crippen MR) is 47.2 cm³/mol. The summed E-state index contributed by atoms with van der Waals surface area (Å²) in [4.78, 5) is 10.7. The molecule has 0 aromatic heterocycles. The smallest absolute Gasteiger partial charge is 0.310 e. The van der Waals surface area contributed by atoms with Crippen LogP contribution >= 0.6 is 0 Å². The summed E-state index contributed by atoms with van der Waals surface area (Å²) in [7, 11) is 0. The zero-order valence-corrected chi connectivity index (χ0v) is 7.19. The third-order valence-corrected chi connectivity index (χ3v) is 1.92. The van der Waals surface area contributed by atoms with Crippen molar-refractivity contribution in [2.75, 3.05) is 0 Å². The highest BCUT2D eigenvalue weighted by atomic mass is 16.4. The fourth-order valence-electron chi connectivity index (χ4n) is 1.11. The van der Waals surface area contributed by atoms with Crippen molar-refractivity contribution in [3.05, 3.63) is 35.4 Å². The highest BCUT2D eigenvalue weighted by molar-refractivity contribution is 5.76. The Hall–Kier alpha value is -1.82. The van der Waals surface area contributed by atoms with E-state index in [1.165, 1.54) is 0 Å². The van der Waals surface area contributed by atoms with E-state index >= 15 is 0 Å². The molecule has 0 saturated heterocycles. The normalized spacial score (nSPS) is 11.7. The van der Waals surface area contributed by atoms with Gasteiger partial charge in [0.25, 0.3) is 0 Å². The van der Waals surface area contributed by atoms with E-state index in [1.807, 2.05) is 6.07 Å². The lowest BCUT2D eigenvalue weighted by molar-refractivity contribution is -0.138. The highest BCUT2D eigenvalue weighted by Gasteiger charge is 2.16. The van der Waals surface area contributed by atoms with Gasteiger partial charge in [0, 0.05) is 0 Å². The fourth-order valence-corrected chi connectivity index (χ4v) is 1.11. The van der Waals surface area contributed by atoms with Gasteiger partial charge in [0.05, 0.1) is 17.6 Å². The molecule has 13 heavy (non-hydrogen) atoms. The average molecular weight is 175 g/mol.